The van der Waals surface area contributed by atoms with E-state index in [1.807, 2.05) is 0 Å². The first-order valence-electron chi connectivity index (χ1n) is 8.39. The van der Waals surface area contributed by atoms with Gasteiger partial charge in [-0.15, -0.1) is 0 Å². The molecule has 112 valence electrons. The standard InChI is InChI=1S/C19H31N/c1-5-7-10-15(6-2)14-20-18-17-12-9-8-11-16(17)13-19(18,3)4/h8-9,11-12,15,18,20H,5-7,10,13-14H2,1-4H3. The molecular weight excluding hydrogens is 242 g/mol. The zero-order valence-corrected chi connectivity index (χ0v) is 13.7. The first-order valence-corrected chi connectivity index (χ1v) is 8.39. The van der Waals surface area contributed by atoms with E-state index in [0.29, 0.717) is 11.5 Å². The first kappa shape index (κ1) is 15.6. The average molecular weight is 273 g/mol. The second-order valence-electron chi connectivity index (χ2n) is 7.12. The average Bonchev–Trinajstić information content (AvgIpc) is 2.69. The Hall–Kier alpha value is -0.820. The Morgan fingerprint density at radius 1 is 1.25 bits per heavy atom. The maximum atomic E-state index is 3.89. The summed E-state index contributed by atoms with van der Waals surface area (Å²) in [5.41, 5.74) is 3.41. The predicted octanol–water partition coefficient (Wildman–Crippen LogP) is 5.12. The molecular formula is C19H31N. The van der Waals surface area contributed by atoms with Crippen LogP contribution in [0.2, 0.25) is 0 Å². The molecule has 2 atom stereocenters. The Kier molecular flexibility index (Phi) is 5.26. The molecule has 1 aliphatic carbocycles. The largest absolute Gasteiger partial charge is 0.309 e. The van der Waals surface area contributed by atoms with E-state index in [-0.39, 0.29) is 0 Å². The van der Waals surface area contributed by atoms with Gasteiger partial charge in [0.2, 0.25) is 0 Å². The van der Waals surface area contributed by atoms with Crippen LogP contribution in [0.1, 0.15) is 70.5 Å². The van der Waals surface area contributed by atoms with Crippen LogP contribution < -0.4 is 5.32 Å². The fourth-order valence-corrected chi connectivity index (χ4v) is 3.60. The summed E-state index contributed by atoms with van der Waals surface area (Å²) in [5, 5.41) is 3.89. The van der Waals surface area contributed by atoms with Crippen LogP contribution in [0.5, 0.6) is 0 Å². The minimum absolute atomic E-state index is 0.340. The van der Waals surface area contributed by atoms with Gasteiger partial charge in [-0.25, -0.2) is 0 Å². The normalized spacial score (nSPS) is 21.7. The van der Waals surface area contributed by atoms with Gasteiger partial charge in [0.1, 0.15) is 0 Å². The molecule has 0 spiro atoms. The number of benzene rings is 1. The van der Waals surface area contributed by atoms with Crippen LogP contribution in [0.25, 0.3) is 0 Å². The molecule has 0 saturated carbocycles. The maximum absolute atomic E-state index is 3.89. The van der Waals surface area contributed by atoms with Crippen LogP contribution in [-0.4, -0.2) is 6.54 Å². The first-order chi connectivity index (χ1) is 9.58. The van der Waals surface area contributed by atoms with Crippen molar-refractivity contribution in [1.29, 1.82) is 0 Å². The van der Waals surface area contributed by atoms with Crippen molar-refractivity contribution in [1.82, 2.24) is 5.32 Å². The maximum Gasteiger partial charge on any atom is 0.0377 e. The van der Waals surface area contributed by atoms with Crippen molar-refractivity contribution in [2.24, 2.45) is 11.3 Å². The Labute approximate surface area is 125 Å². The molecule has 2 rings (SSSR count). The lowest BCUT2D eigenvalue weighted by atomic mass is 9.85. The lowest BCUT2D eigenvalue weighted by Crippen LogP contribution is -2.34. The van der Waals surface area contributed by atoms with Gasteiger partial charge < -0.3 is 5.32 Å². The number of rotatable bonds is 7. The number of hydrogen-bond acceptors (Lipinski definition) is 1. The van der Waals surface area contributed by atoms with Gasteiger partial charge in [-0.3, -0.25) is 0 Å². The lowest BCUT2D eigenvalue weighted by Gasteiger charge is -2.30. The molecule has 1 N–H and O–H groups in total. The van der Waals surface area contributed by atoms with E-state index in [1.165, 1.54) is 49.8 Å². The fourth-order valence-electron chi connectivity index (χ4n) is 3.60. The molecule has 1 heteroatoms. The Morgan fingerprint density at radius 3 is 2.70 bits per heavy atom. The highest BCUT2D eigenvalue weighted by Crippen LogP contribution is 2.45. The Morgan fingerprint density at radius 2 is 2.00 bits per heavy atom. The van der Waals surface area contributed by atoms with Gasteiger partial charge >= 0.3 is 0 Å². The van der Waals surface area contributed by atoms with Crippen molar-refractivity contribution in [2.75, 3.05) is 6.54 Å². The summed E-state index contributed by atoms with van der Waals surface area (Å²) in [7, 11) is 0. The number of unbranched alkanes of at least 4 members (excludes halogenated alkanes) is 1. The summed E-state index contributed by atoms with van der Waals surface area (Å²) in [6.07, 6.45) is 6.54. The van der Waals surface area contributed by atoms with Crippen LogP contribution in [0.15, 0.2) is 24.3 Å². The molecule has 2 unspecified atom stereocenters. The van der Waals surface area contributed by atoms with Crippen molar-refractivity contribution >= 4 is 0 Å². The van der Waals surface area contributed by atoms with Crippen molar-refractivity contribution in [3.05, 3.63) is 35.4 Å². The number of fused-ring (bicyclic) bond motifs is 1. The highest BCUT2D eigenvalue weighted by molar-refractivity contribution is 5.37. The van der Waals surface area contributed by atoms with Crippen molar-refractivity contribution < 1.29 is 0 Å². The topological polar surface area (TPSA) is 12.0 Å². The van der Waals surface area contributed by atoms with E-state index < -0.39 is 0 Å². The lowest BCUT2D eigenvalue weighted by molar-refractivity contribution is 0.252. The van der Waals surface area contributed by atoms with Gasteiger partial charge in [-0.1, -0.05) is 71.2 Å². The minimum Gasteiger partial charge on any atom is -0.309 e. The highest BCUT2D eigenvalue weighted by Gasteiger charge is 2.38. The van der Waals surface area contributed by atoms with Crippen molar-refractivity contribution in [3.63, 3.8) is 0 Å². The summed E-state index contributed by atoms with van der Waals surface area (Å²) >= 11 is 0. The van der Waals surface area contributed by atoms with Gasteiger partial charge in [0, 0.05) is 6.04 Å². The molecule has 0 bridgehead atoms. The summed E-state index contributed by atoms with van der Waals surface area (Å²) in [6, 6.07) is 9.49. The van der Waals surface area contributed by atoms with E-state index in [2.05, 4.69) is 57.3 Å². The molecule has 0 saturated heterocycles. The van der Waals surface area contributed by atoms with E-state index in [4.69, 9.17) is 0 Å². The predicted molar refractivity (Wildman–Crippen MR) is 88.0 cm³/mol. The van der Waals surface area contributed by atoms with Gasteiger partial charge in [0.25, 0.3) is 0 Å². The Bertz CT molecular complexity index is 422. The molecule has 1 aliphatic rings. The second-order valence-corrected chi connectivity index (χ2v) is 7.12. The number of hydrogen-bond donors (Lipinski definition) is 1. The van der Waals surface area contributed by atoms with Crippen molar-refractivity contribution in [2.45, 2.75) is 65.8 Å². The van der Waals surface area contributed by atoms with Crippen LogP contribution in [0.3, 0.4) is 0 Å². The molecule has 0 amide bonds. The van der Waals surface area contributed by atoms with Gasteiger partial charge in [-0.05, 0) is 41.8 Å². The van der Waals surface area contributed by atoms with Crippen LogP contribution in [-0.2, 0) is 6.42 Å². The molecule has 0 aliphatic heterocycles. The summed E-state index contributed by atoms with van der Waals surface area (Å²) in [6.45, 7) is 10.6. The zero-order valence-electron chi connectivity index (χ0n) is 13.7. The van der Waals surface area contributed by atoms with E-state index in [9.17, 15) is 0 Å². The zero-order chi connectivity index (χ0) is 14.6. The van der Waals surface area contributed by atoms with Crippen LogP contribution in [0.4, 0.5) is 0 Å². The monoisotopic (exact) mass is 273 g/mol. The fraction of sp³-hybridized carbons (Fsp3) is 0.684. The van der Waals surface area contributed by atoms with E-state index in [1.54, 1.807) is 0 Å². The molecule has 0 radical (unpaired) electrons. The number of nitrogens with one attached hydrogen (secondary N) is 1. The summed E-state index contributed by atoms with van der Waals surface area (Å²) < 4.78 is 0. The quantitative estimate of drug-likeness (QED) is 0.727. The molecule has 20 heavy (non-hydrogen) atoms. The third kappa shape index (κ3) is 3.44. The molecule has 0 fully saturated rings. The molecule has 1 aromatic rings. The highest BCUT2D eigenvalue weighted by atomic mass is 14.9. The smallest absolute Gasteiger partial charge is 0.0377 e. The SMILES string of the molecule is CCCCC(CC)CNC1c2ccccc2CC1(C)C. The Balaban J connectivity index is 2.00. The molecule has 1 aromatic carbocycles. The summed E-state index contributed by atoms with van der Waals surface area (Å²) in [5.74, 6) is 0.832. The van der Waals surface area contributed by atoms with Crippen LogP contribution in [0, 0.1) is 11.3 Å². The van der Waals surface area contributed by atoms with Crippen molar-refractivity contribution in [3.8, 4) is 0 Å². The molecule has 0 heterocycles. The van der Waals surface area contributed by atoms with Gasteiger partial charge in [0.15, 0.2) is 0 Å². The third-order valence-electron chi connectivity index (χ3n) is 4.95. The second kappa shape index (κ2) is 6.76. The molecule has 0 aromatic heterocycles. The van der Waals surface area contributed by atoms with E-state index in [0.717, 1.165) is 5.92 Å². The van der Waals surface area contributed by atoms with Crippen LogP contribution >= 0.6 is 0 Å². The van der Waals surface area contributed by atoms with E-state index >= 15 is 0 Å². The summed E-state index contributed by atoms with van der Waals surface area (Å²) in [4.78, 5) is 0. The third-order valence-corrected chi connectivity index (χ3v) is 4.95. The minimum atomic E-state index is 0.340. The van der Waals surface area contributed by atoms with Gasteiger partial charge in [-0.2, -0.15) is 0 Å². The van der Waals surface area contributed by atoms with Gasteiger partial charge in [0.05, 0.1) is 0 Å². The molecule has 1 nitrogen and oxygen atoms in total.